The Balaban J connectivity index is 1.06. The van der Waals surface area contributed by atoms with E-state index in [0.29, 0.717) is 12.5 Å². The maximum atomic E-state index is 12.3. The number of nitrogens with zero attached hydrogens (tertiary/aromatic N) is 1. The molecule has 4 aliphatic carbocycles. The Morgan fingerprint density at radius 1 is 0.627 bits per heavy atom. The zero-order valence-electron chi connectivity index (χ0n) is 33.5. The van der Waals surface area contributed by atoms with Crippen molar-refractivity contribution in [3.05, 3.63) is 11.1 Å². The van der Waals surface area contributed by atoms with Crippen molar-refractivity contribution in [2.75, 3.05) is 25.9 Å². The zero-order chi connectivity index (χ0) is 36.3. The summed E-state index contributed by atoms with van der Waals surface area (Å²) in [5.74, 6) is 5.46. The van der Waals surface area contributed by atoms with Crippen LogP contribution in [0.15, 0.2) is 11.1 Å². The van der Waals surface area contributed by atoms with Crippen molar-refractivity contribution in [2.45, 2.75) is 198 Å². The molecule has 294 valence electrons. The lowest BCUT2D eigenvalue weighted by molar-refractivity contribution is -0.139. The quantitative estimate of drug-likeness (QED) is 0.189. The molecule has 51 heavy (non-hydrogen) atoms. The van der Waals surface area contributed by atoms with E-state index in [1.807, 2.05) is 0 Å². The van der Waals surface area contributed by atoms with Gasteiger partial charge < -0.3 is 5.11 Å². The summed E-state index contributed by atoms with van der Waals surface area (Å²) in [4.78, 5) is 14.1. The highest BCUT2D eigenvalue weighted by molar-refractivity contribution is 7.92. The monoisotopic (exact) mass is 730 g/mol. The van der Waals surface area contributed by atoms with Gasteiger partial charge in [0.1, 0.15) is 0 Å². The third-order valence-electron chi connectivity index (χ3n) is 15.6. The molecule has 5 nitrogen and oxygen atoms in total. The van der Waals surface area contributed by atoms with Crippen molar-refractivity contribution in [1.82, 2.24) is 4.90 Å². The highest BCUT2D eigenvalue weighted by Crippen LogP contribution is 2.43. The second-order valence-corrected chi connectivity index (χ2v) is 21.4. The van der Waals surface area contributed by atoms with Gasteiger partial charge in [-0.25, -0.2) is 8.42 Å². The summed E-state index contributed by atoms with van der Waals surface area (Å²) >= 11 is 0. The van der Waals surface area contributed by atoms with Crippen LogP contribution in [0.4, 0.5) is 0 Å². The summed E-state index contributed by atoms with van der Waals surface area (Å²) in [7, 11) is -3.69. The van der Waals surface area contributed by atoms with Gasteiger partial charge in [0.05, 0.1) is 0 Å². The molecule has 1 heterocycles. The smallest absolute Gasteiger partial charge is 0.324 e. The summed E-state index contributed by atoms with van der Waals surface area (Å²) < 4.78 is 22.9. The lowest BCUT2D eigenvalue weighted by Gasteiger charge is -2.35. The van der Waals surface area contributed by atoms with Crippen LogP contribution < -0.4 is 0 Å². The molecule has 5 aliphatic rings. The van der Waals surface area contributed by atoms with Crippen LogP contribution in [-0.4, -0.2) is 55.0 Å². The molecular formula is C45H79NO4S. The number of aliphatic carboxylic acids is 1. The topological polar surface area (TPSA) is 74.7 Å². The fourth-order valence-corrected chi connectivity index (χ4v) is 12.9. The predicted molar refractivity (Wildman–Crippen MR) is 214 cm³/mol. The first-order chi connectivity index (χ1) is 24.5. The van der Waals surface area contributed by atoms with Crippen LogP contribution in [0.3, 0.4) is 0 Å². The van der Waals surface area contributed by atoms with Gasteiger partial charge >= 0.3 is 5.97 Å². The molecule has 0 radical (unpaired) electrons. The van der Waals surface area contributed by atoms with Crippen LogP contribution in [0, 0.1) is 41.4 Å². The van der Waals surface area contributed by atoms with E-state index >= 15 is 0 Å². The molecule has 1 N–H and O–H groups in total. The molecule has 0 aromatic heterocycles. The van der Waals surface area contributed by atoms with Gasteiger partial charge in [-0.3, -0.25) is 9.69 Å². The Morgan fingerprint density at radius 2 is 0.980 bits per heavy atom. The number of carboxylic acid groups (broad SMARTS) is 1. The maximum Gasteiger partial charge on any atom is 0.324 e. The van der Waals surface area contributed by atoms with E-state index in [1.54, 1.807) is 5.57 Å². The van der Waals surface area contributed by atoms with E-state index in [1.165, 1.54) is 179 Å². The predicted octanol–water partition coefficient (Wildman–Crippen LogP) is 11.8. The van der Waals surface area contributed by atoms with Gasteiger partial charge in [0.25, 0.3) is 0 Å². The molecule has 4 fully saturated rings. The Labute approximate surface area is 314 Å². The van der Waals surface area contributed by atoms with E-state index in [4.69, 9.17) is 0 Å². The van der Waals surface area contributed by atoms with Crippen molar-refractivity contribution in [1.29, 1.82) is 0 Å². The lowest BCUT2D eigenvalue weighted by atomic mass is 9.72. The van der Waals surface area contributed by atoms with Crippen molar-refractivity contribution in [3.8, 4) is 0 Å². The first kappa shape index (κ1) is 41.3. The third kappa shape index (κ3) is 11.8. The van der Waals surface area contributed by atoms with Gasteiger partial charge in [-0.1, -0.05) is 165 Å². The molecule has 6 heteroatoms. The number of carboxylic acids is 1. The largest absolute Gasteiger partial charge is 0.480 e. The molecular weight excluding hydrogens is 651 g/mol. The third-order valence-corrected chi connectivity index (χ3v) is 17.6. The molecule has 0 aromatic rings. The summed E-state index contributed by atoms with van der Waals surface area (Å²) in [5, 5.41) is 9.69. The molecule has 1 aliphatic heterocycles. The highest BCUT2D eigenvalue weighted by atomic mass is 32.2. The highest BCUT2D eigenvalue weighted by Gasteiger charge is 2.44. The molecule has 0 saturated heterocycles. The van der Waals surface area contributed by atoms with Gasteiger partial charge in [0, 0.05) is 25.9 Å². The summed E-state index contributed by atoms with van der Waals surface area (Å²) in [5.41, 5.74) is 3.12. The number of sulfone groups is 1. The van der Waals surface area contributed by atoms with Crippen LogP contribution in [0.25, 0.3) is 0 Å². The van der Waals surface area contributed by atoms with Crippen LogP contribution in [-0.2, 0) is 14.6 Å². The molecule has 5 rings (SSSR count). The van der Waals surface area contributed by atoms with Gasteiger partial charge in [0.2, 0.25) is 0 Å². The van der Waals surface area contributed by atoms with Gasteiger partial charge in [0.15, 0.2) is 14.6 Å². The van der Waals surface area contributed by atoms with Crippen molar-refractivity contribution >= 4 is 15.8 Å². The summed E-state index contributed by atoms with van der Waals surface area (Å²) in [6, 6.07) is 0. The van der Waals surface area contributed by atoms with Crippen molar-refractivity contribution in [3.63, 3.8) is 0 Å². The number of hydrogen-bond acceptors (Lipinski definition) is 4. The molecule has 0 aromatic carbocycles. The summed E-state index contributed by atoms with van der Waals surface area (Å²) in [6.45, 7) is 5.92. The van der Waals surface area contributed by atoms with Crippen molar-refractivity contribution in [2.24, 2.45) is 41.4 Å². The average Bonchev–Trinajstić information content (AvgIpc) is 3.21. The normalized spacial score (nSPS) is 33.9. The minimum absolute atomic E-state index is 0.137. The molecule has 0 amide bonds. The van der Waals surface area contributed by atoms with E-state index < -0.39 is 20.6 Å². The van der Waals surface area contributed by atoms with Crippen LogP contribution in [0.2, 0.25) is 0 Å². The molecule has 5 atom stereocenters. The van der Waals surface area contributed by atoms with E-state index in [-0.39, 0.29) is 6.42 Å². The van der Waals surface area contributed by atoms with Crippen LogP contribution in [0.5, 0.6) is 0 Å². The van der Waals surface area contributed by atoms with Gasteiger partial charge in [-0.05, 0) is 81.0 Å². The van der Waals surface area contributed by atoms with Crippen LogP contribution >= 0.6 is 0 Å². The Hall–Kier alpha value is -0.880. The van der Waals surface area contributed by atoms with E-state index in [0.717, 1.165) is 61.3 Å². The number of rotatable bonds is 9. The Kier molecular flexibility index (Phi) is 16.3. The minimum Gasteiger partial charge on any atom is -0.480 e. The fourth-order valence-electron chi connectivity index (χ4n) is 12.1. The van der Waals surface area contributed by atoms with E-state index in [2.05, 4.69) is 11.8 Å². The standard InChI is InChI=1S/C45H79NO4S/c1-35-34-46(33-31-45(2,44(47)48)51(3,49)50)32-30-43(35)42-21-11-10-20-38(28-15-29-42)37-18-8-9-19-39(23-12-22-37)41-26-13-24-40(25-14-27-41)36-16-6-4-5-7-17-36/h36-42H,4-34H2,1-3H3,(H,47,48). The van der Waals surface area contributed by atoms with E-state index in [9.17, 15) is 18.3 Å². The van der Waals surface area contributed by atoms with Gasteiger partial charge in [-0.2, -0.15) is 0 Å². The zero-order valence-corrected chi connectivity index (χ0v) is 34.3. The fraction of sp³-hybridized carbons (Fsp3) is 0.933. The first-order valence-electron chi connectivity index (χ1n) is 22.4. The number of carbonyl (C=O) groups is 1. The minimum atomic E-state index is -3.69. The second-order valence-electron chi connectivity index (χ2n) is 18.9. The maximum absolute atomic E-state index is 12.3. The summed E-state index contributed by atoms with van der Waals surface area (Å²) in [6.07, 6.45) is 40.5. The molecule has 0 bridgehead atoms. The lowest BCUT2D eigenvalue weighted by Crippen LogP contribution is -2.46. The molecule has 4 saturated carbocycles. The Morgan fingerprint density at radius 3 is 1.37 bits per heavy atom. The van der Waals surface area contributed by atoms with Crippen molar-refractivity contribution < 1.29 is 18.3 Å². The second kappa shape index (κ2) is 20.2. The number of hydrogen-bond donors (Lipinski definition) is 1. The first-order valence-corrected chi connectivity index (χ1v) is 24.3. The average molecular weight is 730 g/mol. The molecule has 5 unspecified atom stereocenters. The SMILES string of the molecule is CC1=C(C2CCCCC(C3CCCCC(C4CCCC(C5CCCCCC5)CCC4)CCC3)CCC2)CCN(CCC(C)(C(=O)O)S(C)(=O)=O)C1. The Bertz CT molecular complexity index is 1190. The molecule has 0 spiro atoms. The van der Waals surface area contributed by atoms with Gasteiger partial charge in [-0.15, -0.1) is 0 Å². The van der Waals surface area contributed by atoms with Crippen LogP contribution in [0.1, 0.15) is 194 Å².